The Morgan fingerprint density at radius 3 is 2.41 bits per heavy atom. The van der Waals surface area contributed by atoms with Gasteiger partial charge in [-0.25, -0.2) is 14.3 Å². The summed E-state index contributed by atoms with van der Waals surface area (Å²) in [5, 5.41) is 8.03. The van der Waals surface area contributed by atoms with Gasteiger partial charge in [-0.15, -0.1) is 0 Å². The van der Waals surface area contributed by atoms with Crippen LogP contribution in [0.15, 0.2) is 97.2 Å². The summed E-state index contributed by atoms with van der Waals surface area (Å²) < 4.78 is 9.08. The van der Waals surface area contributed by atoms with Gasteiger partial charge in [0.1, 0.15) is 5.82 Å². The molecule has 3 heterocycles. The van der Waals surface area contributed by atoms with Crippen LogP contribution in [0, 0.1) is 6.92 Å². The average Bonchev–Trinajstić information content (AvgIpc) is 3.59. The molecule has 0 radical (unpaired) electrons. The largest absolute Gasteiger partial charge is 0.465 e. The molecule has 8 nitrogen and oxygen atoms in total. The zero-order chi connectivity index (χ0) is 28.5. The van der Waals surface area contributed by atoms with Crippen molar-refractivity contribution in [2.75, 3.05) is 12.4 Å². The first-order valence-corrected chi connectivity index (χ1v) is 13.7. The quantitative estimate of drug-likeness (QED) is 0.257. The fraction of sp³-hybridized carbons (Fsp3) is 0.182. The Morgan fingerprint density at radius 1 is 0.951 bits per heavy atom. The Morgan fingerprint density at radius 2 is 1.68 bits per heavy atom. The first-order valence-electron chi connectivity index (χ1n) is 13.7. The number of urea groups is 1. The number of para-hydroxylation sites is 2. The molecule has 2 amide bonds. The Bertz CT molecular complexity index is 1720. The van der Waals surface area contributed by atoms with Crippen molar-refractivity contribution < 1.29 is 14.3 Å². The van der Waals surface area contributed by atoms with Gasteiger partial charge in [-0.3, -0.25) is 0 Å². The number of aromatic nitrogens is 3. The number of rotatable bonds is 5. The molecule has 41 heavy (non-hydrogen) atoms. The summed E-state index contributed by atoms with van der Waals surface area (Å²) in [6.07, 6.45) is 2.73. The molecule has 0 saturated heterocycles. The SMILES string of the molecule is CCc1nn(-c2ccccc2)c2c1CN(C(=O)Nc1ccccc1C(=O)OC)[C@@H](c1ccc(C)cc1)c1cccn1-2. The van der Waals surface area contributed by atoms with E-state index in [0.29, 0.717) is 24.2 Å². The van der Waals surface area contributed by atoms with E-state index in [1.165, 1.54) is 7.11 Å². The van der Waals surface area contributed by atoms with Gasteiger partial charge in [0.2, 0.25) is 0 Å². The number of aryl methyl sites for hydroxylation is 2. The lowest BCUT2D eigenvalue weighted by molar-refractivity contribution is 0.0602. The third kappa shape index (κ3) is 4.67. The van der Waals surface area contributed by atoms with Gasteiger partial charge in [0, 0.05) is 11.8 Å². The summed E-state index contributed by atoms with van der Waals surface area (Å²) in [7, 11) is 1.33. The molecule has 0 aliphatic carbocycles. The van der Waals surface area contributed by atoms with Crippen molar-refractivity contribution >= 4 is 17.7 Å². The van der Waals surface area contributed by atoms with E-state index in [-0.39, 0.29) is 6.03 Å². The first-order chi connectivity index (χ1) is 20.0. The lowest BCUT2D eigenvalue weighted by Gasteiger charge is -2.31. The van der Waals surface area contributed by atoms with E-state index >= 15 is 0 Å². The molecular weight excluding hydrogens is 514 g/mol. The molecule has 0 bridgehead atoms. The molecule has 8 heteroatoms. The molecule has 6 rings (SSSR count). The predicted octanol–water partition coefficient (Wildman–Crippen LogP) is 6.46. The number of carbonyl (C=O) groups excluding carboxylic acids is 2. The molecule has 1 N–H and O–H groups in total. The topological polar surface area (TPSA) is 81.4 Å². The molecule has 1 aliphatic rings. The van der Waals surface area contributed by atoms with Crippen molar-refractivity contribution in [2.45, 2.75) is 32.9 Å². The molecule has 0 fully saturated rings. The number of hydrogen-bond acceptors (Lipinski definition) is 4. The Balaban J connectivity index is 1.53. The predicted molar refractivity (Wildman–Crippen MR) is 158 cm³/mol. The van der Waals surface area contributed by atoms with Crippen LogP contribution in [0.2, 0.25) is 0 Å². The van der Waals surface area contributed by atoms with Crippen LogP contribution in [-0.4, -0.2) is 38.4 Å². The Hall–Kier alpha value is -5.11. The van der Waals surface area contributed by atoms with E-state index in [9.17, 15) is 9.59 Å². The fourth-order valence-electron chi connectivity index (χ4n) is 5.51. The van der Waals surface area contributed by atoms with Gasteiger partial charge in [0.05, 0.1) is 48.0 Å². The third-order valence-electron chi connectivity index (χ3n) is 7.53. The molecule has 0 unspecified atom stereocenters. The van der Waals surface area contributed by atoms with Gasteiger partial charge >= 0.3 is 12.0 Å². The first kappa shape index (κ1) is 26.1. The van der Waals surface area contributed by atoms with Crippen LogP contribution in [0.4, 0.5) is 10.5 Å². The molecule has 1 aliphatic heterocycles. The van der Waals surface area contributed by atoms with Crippen LogP contribution in [0.1, 0.15) is 51.4 Å². The van der Waals surface area contributed by atoms with E-state index in [0.717, 1.165) is 39.6 Å². The number of nitrogens with zero attached hydrogens (tertiary/aromatic N) is 4. The molecule has 5 aromatic rings. The van der Waals surface area contributed by atoms with Gasteiger partial charge in [-0.1, -0.05) is 67.1 Å². The van der Waals surface area contributed by atoms with Gasteiger partial charge in [-0.05, 0) is 55.3 Å². The average molecular weight is 546 g/mol. The maximum absolute atomic E-state index is 14.3. The van der Waals surface area contributed by atoms with Crippen LogP contribution >= 0.6 is 0 Å². The number of benzene rings is 3. The minimum atomic E-state index is -0.513. The molecule has 1 atom stereocenters. The second kappa shape index (κ2) is 10.8. The Labute approximate surface area is 238 Å². The highest BCUT2D eigenvalue weighted by Gasteiger charge is 2.36. The maximum atomic E-state index is 14.3. The van der Waals surface area contributed by atoms with Crippen molar-refractivity contribution in [2.24, 2.45) is 0 Å². The normalized spacial score (nSPS) is 14.1. The zero-order valence-electron chi connectivity index (χ0n) is 23.2. The highest BCUT2D eigenvalue weighted by atomic mass is 16.5. The van der Waals surface area contributed by atoms with Gasteiger partial charge in [-0.2, -0.15) is 5.10 Å². The highest BCUT2D eigenvalue weighted by molar-refractivity contribution is 6.01. The Kier molecular flexibility index (Phi) is 6.89. The summed E-state index contributed by atoms with van der Waals surface area (Å²) in [5.41, 5.74) is 6.57. The summed E-state index contributed by atoms with van der Waals surface area (Å²) in [5.74, 6) is 0.399. The molecular formula is C33H31N5O3. The van der Waals surface area contributed by atoms with Gasteiger partial charge in [0.25, 0.3) is 0 Å². The summed E-state index contributed by atoms with van der Waals surface area (Å²) in [4.78, 5) is 28.6. The molecule has 0 saturated carbocycles. The van der Waals surface area contributed by atoms with E-state index in [4.69, 9.17) is 9.84 Å². The van der Waals surface area contributed by atoms with E-state index in [1.807, 2.05) is 59.1 Å². The number of amides is 2. The molecule has 3 aromatic carbocycles. The van der Waals surface area contributed by atoms with Crippen molar-refractivity contribution in [3.63, 3.8) is 0 Å². The van der Waals surface area contributed by atoms with Gasteiger partial charge in [0.15, 0.2) is 0 Å². The standard InChI is InChI=1S/C33H31N5O3/c1-4-27-26-21-37(33(40)34-28-14-9-8-13-25(28)32(39)41-3)30(23-18-16-22(2)17-19-23)29-15-10-20-36(29)31(26)38(35-27)24-11-6-5-7-12-24/h5-20,30H,4,21H2,1-3H3,(H,34,40)/t30-/m0/s1. The summed E-state index contributed by atoms with van der Waals surface area (Å²) >= 11 is 0. The number of anilines is 1. The minimum Gasteiger partial charge on any atom is -0.465 e. The van der Waals surface area contributed by atoms with Crippen molar-refractivity contribution in [1.29, 1.82) is 0 Å². The lowest BCUT2D eigenvalue weighted by Crippen LogP contribution is -2.38. The zero-order valence-corrected chi connectivity index (χ0v) is 23.2. The van der Waals surface area contributed by atoms with Gasteiger partial charge < -0.3 is 19.5 Å². The highest BCUT2D eigenvalue weighted by Crippen LogP contribution is 2.39. The smallest absolute Gasteiger partial charge is 0.339 e. The van der Waals surface area contributed by atoms with E-state index in [2.05, 4.69) is 47.1 Å². The molecule has 0 spiro atoms. The maximum Gasteiger partial charge on any atom is 0.339 e. The van der Waals surface area contributed by atoms with Crippen molar-refractivity contribution in [3.8, 4) is 11.5 Å². The second-order valence-electron chi connectivity index (χ2n) is 10.1. The van der Waals surface area contributed by atoms with Crippen LogP contribution in [-0.2, 0) is 17.7 Å². The number of carbonyl (C=O) groups is 2. The number of nitrogens with one attached hydrogen (secondary N) is 1. The third-order valence-corrected chi connectivity index (χ3v) is 7.53. The van der Waals surface area contributed by atoms with E-state index < -0.39 is 12.0 Å². The van der Waals surface area contributed by atoms with Crippen molar-refractivity contribution in [1.82, 2.24) is 19.2 Å². The van der Waals surface area contributed by atoms with Crippen LogP contribution in [0.25, 0.3) is 11.5 Å². The molecule has 2 aromatic heterocycles. The lowest BCUT2D eigenvalue weighted by atomic mass is 10.0. The minimum absolute atomic E-state index is 0.292. The van der Waals surface area contributed by atoms with Crippen LogP contribution in [0.5, 0.6) is 0 Å². The number of ether oxygens (including phenoxy) is 1. The summed E-state index contributed by atoms with van der Waals surface area (Å²) in [6, 6.07) is 28.5. The molecule has 206 valence electrons. The van der Waals surface area contributed by atoms with E-state index in [1.54, 1.807) is 24.3 Å². The fourth-order valence-corrected chi connectivity index (χ4v) is 5.51. The van der Waals surface area contributed by atoms with Crippen LogP contribution < -0.4 is 5.32 Å². The van der Waals surface area contributed by atoms with Crippen molar-refractivity contribution in [3.05, 3.63) is 131 Å². The summed E-state index contributed by atoms with van der Waals surface area (Å²) in [6.45, 7) is 4.44. The second-order valence-corrected chi connectivity index (χ2v) is 10.1. The number of hydrogen-bond donors (Lipinski definition) is 1. The monoisotopic (exact) mass is 545 g/mol. The number of fused-ring (bicyclic) bond motifs is 3. The van der Waals surface area contributed by atoms with Crippen LogP contribution in [0.3, 0.4) is 0 Å². The number of esters is 1. The number of methoxy groups -OCH3 is 1.